The van der Waals surface area contributed by atoms with E-state index < -0.39 is 6.10 Å². The standard InChI is InChI=1S/C12H13BrN2O2/c1-3-10-8(6-7(2)14-15-10)11(16)12-9(13)4-5-17-12/h4-6,11,16H,3H2,1-2H3. The van der Waals surface area contributed by atoms with E-state index in [1.165, 1.54) is 6.26 Å². The van der Waals surface area contributed by atoms with E-state index in [1.807, 2.05) is 19.9 Å². The molecule has 90 valence electrons. The fourth-order valence-electron chi connectivity index (χ4n) is 1.69. The van der Waals surface area contributed by atoms with Gasteiger partial charge in [0.05, 0.1) is 22.1 Å². The molecule has 0 radical (unpaired) electrons. The Bertz CT molecular complexity index is 525. The molecule has 2 aromatic rings. The van der Waals surface area contributed by atoms with Crippen LogP contribution in [0.1, 0.15) is 35.7 Å². The quantitative estimate of drug-likeness (QED) is 0.946. The van der Waals surface area contributed by atoms with Crippen LogP contribution < -0.4 is 0 Å². The Labute approximate surface area is 108 Å². The summed E-state index contributed by atoms with van der Waals surface area (Å²) in [6, 6.07) is 3.59. The van der Waals surface area contributed by atoms with Crippen LogP contribution in [0.15, 0.2) is 27.3 Å². The minimum absolute atomic E-state index is 0.493. The molecular formula is C12H13BrN2O2. The summed E-state index contributed by atoms with van der Waals surface area (Å²) in [7, 11) is 0. The van der Waals surface area contributed by atoms with Crippen LogP contribution in [0.4, 0.5) is 0 Å². The normalized spacial score (nSPS) is 12.7. The second-order valence-corrected chi connectivity index (χ2v) is 4.63. The molecule has 2 rings (SSSR count). The molecule has 0 saturated carbocycles. The van der Waals surface area contributed by atoms with Crippen LogP contribution in [-0.4, -0.2) is 15.3 Å². The predicted molar refractivity (Wildman–Crippen MR) is 66.6 cm³/mol. The first-order valence-corrected chi connectivity index (χ1v) is 6.16. The number of nitrogens with zero attached hydrogens (tertiary/aromatic N) is 2. The van der Waals surface area contributed by atoms with Crippen molar-refractivity contribution in [2.75, 3.05) is 0 Å². The van der Waals surface area contributed by atoms with Gasteiger partial charge in [-0.05, 0) is 41.4 Å². The maximum Gasteiger partial charge on any atom is 0.151 e. The van der Waals surface area contributed by atoms with Crippen LogP contribution >= 0.6 is 15.9 Å². The van der Waals surface area contributed by atoms with Crippen LogP contribution in [0.3, 0.4) is 0 Å². The molecule has 0 aliphatic heterocycles. The number of hydrogen-bond acceptors (Lipinski definition) is 4. The smallest absolute Gasteiger partial charge is 0.151 e. The highest BCUT2D eigenvalue weighted by Gasteiger charge is 2.20. The number of aromatic nitrogens is 2. The zero-order chi connectivity index (χ0) is 12.4. The molecule has 0 aliphatic rings. The summed E-state index contributed by atoms with van der Waals surface area (Å²) in [5.74, 6) is 0.493. The fraction of sp³-hybridized carbons (Fsp3) is 0.333. The van der Waals surface area contributed by atoms with Gasteiger partial charge in [-0.2, -0.15) is 10.2 Å². The molecule has 17 heavy (non-hydrogen) atoms. The predicted octanol–water partition coefficient (Wildman–Crippen LogP) is 2.78. The van der Waals surface area contributed by atoms with Crippen molar-refractivity contribution in [3.8, 4) is 0 Å². The van der Waals surface area contributed by atoms with Gasteiger partial charge in [0.1, 0.15) is 6.10 Å². The van der Waals surface area contributed by atoms with Crippen molar-refractivity contribution in [3.05, 3.63) is 45.6 Å². The number of halogens is 1. The Kier molecular flexibility index (Phi) is 3.59. The molecule has 1 unspecified atom stereocenters. The van der Waals surface area contributed by atoms with E-state index in [0.29, 0.717) is 5.76 Å². The molecule has 4 nitrogen and oxygen atoms in total. The average molecular weight is 297 g/mol. The van der Waals surface area contributed by atoms with Crippen molar-refractivity contribution < 1.29 is 9.52 Å². The monoisotopic (exact) mass is 296 g/mol. The lowest BCUT2D eigenvalue weighted by molar-refractivity contribution is 0.186. The van der Waals surface area contributed by atoms with Crippen molar-refractivity contribution in [2.24, 2.45) is 0 Å². The van der Waals surface area contributed by atoms with Crippen molar-refractivity contribution in [3.63, 3.8) is 0 Å². The summed E-state index contributed by atoms with van der Waals surface area (Å²) in [5, 5.41) is 18.4. The third-order valence-corrected chi connectivity index (χ3v) is 3.20. The number of aryl methyl sites for hydroxylation is 2. The molecule has 0 aromatic carbocycles. The molecule has 0 amide bonds. The van der Waals surface area contributed by atoms with Crippen LogP contribution in [0.25, 0.3) is 0 Å². The van der Waals surface area contributed by atoms with E-state index >= 15 is 0 Å². The topological polar surface area (TPSA) is 59.2 Å². The zero-order valence-corrected chi connectivity index (χ0v) is 11.2. The largest absolute Gasteiger partial charge is 0.465 e. The van der Waals surface area contributed by atoms with E-state index in [2.05, 4.69) is 26.1 Å². The fourth-order valence-corrected chi connectivity index (χ4v) is 2.11. The Morgan fingerprint density at radius 2 is 2.24 bits per heavy atom. The average Bonchev–Trinajstić information content (AvgIpc) is 2.74. The van der Waals surface area contributed by atoms with E-state index in [1.54, 1.807) is 6.07 Å². The molecule has 1 atom stereocenters. The lowest BCUT2D eigenvalue weighted by Crippen LogP contribution is -2.07. The molecule has 0 bridgehead atoms. The van der Waals surface area contributed by atoms with Gasteiger partial charge < -0.3 is 9.52 Å². The summed E-state index contributed by atoms with van der Waals surface area (Å²) < 4.78 is 6.03. The second kappa shape index (κ2) is 4.98. The third-order valence-electron chi connectivity index (χ3n) is 2.55. The summed E-state index contributed by atoms with van der Waals surface area (Å²) in [4.78, 5) is 0. The van der Waals surface area contributed by atoms with E-state index in [9.17, 15) is 5.11 Å². The molecule has 5 heteroatoms. The van der Waals surface area contributed by atoms with Gasteiger partial charge in [0.2, 0.25) is 0 Å². The van der Waals surface area contributed by atoms with Gasteiger partial charge >= 0.3 is 0 Å². The van der Waals surface area contributed by atoms with Crippen LogP contribution in [0.5, 0.6) is 0 Å². The third kappa shape index (κ3) is 2.40. The molecule has 0 spiro atoms. The summed E-state index contributed by atoms with van der Waals surface area (Å²) >= 11 is 3.34. The van der Waals surface area contributed by atoms with Gasteiger partial charge in [0.15, 0.2) is 5.76 Å². The maximum atomic E-state index is 10.3. The molecule has 2 aromatic heterocycles. The van der Waals surface area contributed by atoms with Crippen LogP contribution in [0.2, 0.25) is 0 Å². The zero-order valence-electron chi connectivity index (χ0n) is 9.64. The molecule has 0 saturated heterocycles. The van der Waals surface area contributed by atoms with E-state index in [-0.39, 0.29) is 0 Å². The second-order valence-electron chi connectivity index (χ2n) is 3.78. The first-order valence-electron chi connectivity index (χ1n) is 5.37. The van der Waals surface area contributed by atoms with Crippen molar-refractivity contribution in [1.29, 1.82) is 0 Å². The minimum atomic E-state index is -0.816. The summed E-state index contributed by atoms with van der Waals surface area (Å²) in [6.07, 6.45) is 1.44. The van der Waals surface area contributed by atoms with Gasteiger partial charge in [0.25, 0.3) is 0 Å². The van der Waals surface area contributed by atoms with Crippen molar-refractivity contribution in [1.82, 2.24) is 10.2 Å². The molecule has 1 N–H and O–H groups in total. The van der Waals surface area contributed by atoms with E-state index in [0.717, 1.165) is 27.8 Å². The first-order chi connectivity index (χ1) is 8.13. The van der Waals surface area contributed by atoms with Gasteiger partial charge in [0, 0.05) is 5.56 Å². The highest BCUT2D eigenvalue weighted by Crippen LogP contribution is 2.30. The van der Waals surface area contributed by atoms with Crippen LogP contribution in [-0.2, 0) is 6.42 Å². The highest BCUT2D eigenvalue weighted by molar-refractivity contribution is 9.10. The lowest BCUT2D eigenvalue weighted by atomic mass is 10.0. The lowest BCUT2D eigenvalue weighted by Gasteiger charge is -2.12. The van der Waals surface area contributed by atoms with Crippen molar-refractivity contribution in [2.45, 2.75) is 26.4 Å². The Morgan fingerprint density at radius 3 is 2.82 bits per heavy atom. The molecular weight excluding hydrogens is 284 g/mol. The van der Waals surface area contributed by atoms with Gasteiger partial charge in [-0.3, -0.25) is 0 Å². The molecule has 0 fully saturated rings. The minimum Gasteiger partial charge on any atom is -0.465 e. The Balaban J connectivity index is 2.46. The maximum absolute atomic E-state index is 10.3. The van der Waals surface area contributed by atoms with E-state index in [4.69, 9.17) is 4.42 Å². The van der Waals surface area contributed by atoms with Gasteiger partial charge in [-0.15, -0.1) is 0 Å². The number of hydrogen-bond donors (Lipinski definition) is 1. The SMILES string of the molecule is CCc1nnc(C)cc1C(O)c1occc1Br. The van der Waals surface area contributed by atoms with Gasteiger partial charge in [-0.1, -0.05) is 6.92 Å². The van der Waals surface area contributed by atoms with Crippen LogP contribution in [0, 0.1) is 6.92 Å². The number of aliphatic hydroxyl groups excluding tert-OH is 1. The van der Waals surface area contributed by atoms with Crippen molar-refractivity contribution >= 4 is 15.9 Å². The number of rotatable bonds is 3. The Morgan fingerprint density at radius 1 is 1.47 bits per heavy atom. The number of furan rings is 1. The molecule has 2 heterocycles. The highest BCUT2D eigenvalue weighted by atomic mass is 79.9. The summed E-state index contributed by atoms with van der Waals surface area (Å²) in [6.45, 7) is 3.83. The Hall–Kier alpha value is -1.20. The number of aliphatic hydroxyl groups is 1. The first kappa shape index (κ1) is 12.3. The summed E-state index contributed by atoms with van der Waals surface area (Å²) in [5.41, 5.74) is 2.31. The van der Waals surface area contributed by atoms with Gasteiger partial charge in [-0.25, -0.2) is 0 Å². The molecule has 0 aliphatic carbocycles.